The molecule has 9 heteroatoms. The molecular weight excluding hydrogens is 486 g/mol. The lowest BCUT2D eigenvalue weighted by molar-refractivity contribution is -0.120. The van der Waals surface area contributed by atoms with Gasteiger partial charge in [0.15, 0.2) is 0 Å². The summed E-state index contributed by atoms with van der Waals surface area (Å²) in [6.07, 6.45) is 0.317. The van der Waals surface area contributed by atoms with Gasteiger partial charge in [0.1, 0.15) is 12.1 Å². The SMILES string of the molecule is COC(=O)c1ccc([C@@H]2c3[nH]c4ccccc4c3C[C@@H]3C(=O)N(c4ccccc4C(=O)OC)C(=O)N23)cc1. The zero-order valence-corrected chi connectivity index (χ0v) is 20.6. The minimum atomic E-state index is -0.787. The van der Waals surface area contributed by atoms with Crippen LogP contribution in [0.15, 0.2) is 72.8 Å². The van der Waals surface area contributed by atoms with Gasteiger partial charge in [0.2, 0.25) is 0 Å². The molecule has 190 valence electrons. The van der Waals surface area contributed by atoms with Gasteiger partial charge in [0, 0.05) is 23.0 Å². The number of rotatable bonds is 4. The van der Waals surface area contributed by atoms with Crippen molar-refractivity contribution in [2.45, 2.75) is 18.5 Å². The van der Waals surface area contributed by atoms with E-state index < -0.39 is 36.0 Å². The highest BCUT2D eigenvalue weighted by Crippen LogP contribution is 2.45. The Hall–Kier alpha value is -4.92. The van der Waals surface area contributed by atoms with Gasteiger partial charge in [-0.2, -0.15) is 0 Å². The summed E-state index contributed by atoms with van der Waals surface area (Å²) in [5, 5.41) is 0.979. The van der Waals surface area contributed by atoms with E-state index in [-0.39, 0.29) is 11.3 Å². The molecule has 0 bridgehead atoms. The maximum atomic E-state index is 14.0. The van der Waals surface area contributed by atoms with Crippen molar-refractivity contribution in [1.82, 2.24) is 9.88 Å². The van der Waals surface area contributed by atoms with Crippen LogP contribution in [-0.4, -0.2) is 54.0 Å². The lowest BCUT2D eigenvalue weighted by atomic mass is 9.88. The van der Waals surface area contributed by atoms with Crippen LogP contribution >= 0.6 is 0 Å². The molecule has 1 saturated heterocycles. The molecule has 38 heavy (non-hydrogen) atoms. The Kier molecular flexibility index (Phi) is 5.48. The van der Waals surface area contributed by atoms with E-state index in [0.29, 0.717) is 12.0 Å². The number of aromatic amines is 1. The average Bonchev–Trinajstić information content (AvgIpc) is 3.45. The number of aromatic nitrogens is 1. The number of methoxy groups -OCH3 is 2. The van der Waals surface area contributed by atoms with Crippen LogP contribution in [0.3, 0.4) is 0 Å². The third-order valence-electron chi connectivity index (χ3n) is 7.25. The molecule has 6 rings (SSSR count). The van der Waals surface area contributed by atoms with Gasteiger partial charge in [-0.15, -0.1) is 0 Å². The Labute approximate surface area is 217 Å². The largest absolute Gasteiger partial charge is 0.465 e. The van der Waals surface area contributed by atoms with Crippen molar-refractivity contribution in [1.29, 1.82) is 0 Å². The zero-order valence-electron chi connectivity index (χ0n) is 20.6. The summed E-state index contributed by atoms with van der Waals surface area (Å²) in [6, 6.07) is 19.1. The first kappa shape index (κ1) is 23.5. The number of nitrogens with zero attached hydrogens (tertiary/aromatic N) is 2. The van der Waals surface area contributed by atoms with Crippen molar-refractivity contribution in [3.8, 4) is 0 Å². The normalized spacial score (nSPS) is 18.4. The summed E-state index contributed by atoms with van der Waals surface area (Å²) in [5.41, 5.74) is 4.06. The minimum Gasteiger partial charge on any atom is -0.465 e. The molecule has 0 saturated carbocycles. The number of urea groups is 1. The summed E-state index contributed by atoms with van der Waals surface area (Å²) in [6.45, 7) is 0. The third kappa shape index (κ3) is 3.39. The molecule has 1 N–H and O–H groups in total. The van der Waals surface area contributed by atoms with E-state index in [2.05, 4.69) is 4.98 Å². The molecule has 0 aliphatic carbocycles. The summed E-state index contributed by atoms with van der Waals surface area (Å²) in [7, 11) is 2.57. The lowest BCUT2D eigenvalue weighted by Gasteiger charge is -2.36. The Morgan fingerprint density at radius 3 is 2.29 bits per heavy atom. The number of carbonyl (C=O) groups is 4. The van der Waals surface area contributed by atoms with Crippen LogP contribution in [0.4, 0.5) is 10.5 Å². The van der Waals surface area contributed by atoms with Crippen LogP contribution < -0.4 is 4.90 Å². The number of para-hydroxylation sites is 2. The summed E-state index contributed by atoms with van der Waals surface area (Å²) >= 11 is 0. The lowest BCUT2D eigenvalue weighted by Crippen LogP contribution is -2.44. The molecule has 0 spiro atoms. The molecule has 9 nitrogen and oxygen atoms in total. The van der Waals surface area contributed by atoms with Crippen molar-refractivity contribution >= 4 is 40.5 Å². The molecular formula is C29H23N3O6. The third-order valence-corrected chi connectivity index (χ3v) is 7.25. The first-order valence-electron chi connectivity index (χ1n) is 12.1. The highest BCUT2D eigenvalue weighted by molar-refractivity contribution is 6.23. The summed E-state index contributed by atoms with van der Waals surface area (Å²) in [5.74, 6) is -1.53. The van der Waals surface area contributed by atoms with Gasteiger partial charge in [0.25, 0.3) is 5.91 Å². The smallest absolute Gasteiger partial charge is 0.339 e. The Morgan fingerprint density at radius 1 is 0.868 bits per heavy atom. The van der Waals surface area contributed by atoms with Crippen LogP contribution in [0, 0.1) is 0 Å². The number of anilines is 1. The summed E-state index contributed by atoms with van der Waals surface area (Å²) < 4.78 is 9.72. The summed E-state index contributed by atoms with van der Waals surface area (Å²) in [4.78, 5) is 58.5. The number of fused-ring (bicyclic) bond motifs is 4. The molecule has 0 radical (unpaired) electrons. The van der Waals surface area contributed by atoms with E-state index in [1.807, 2.05) is 24.3 Å². The van der Waals surface area contributed by atoms with Crippen LogP contribution in [0.2, 0.25) is 0 Å². The number of benzene rings is 3. The van der Waals surface area contributed by atoms with Crippen molar-refractivity contribution < 1.29 is 28.7 Å². The Bertz CT molecular complexity index is 1620. The van der Waals surface area contributed by atoms with Crippen LogP contribution in [0.5, 0.6) is 0 Å². The second kappa shape index (κ2) is 8.88. The second-order valence-electron chi connectivity index (χ2n) is 9.17. The number of hydrogen-bond donors (Lipinski definition) is 1. The van der Waals surface area contributed by atoms with Crippen molar-refractivity contribution in [3.63, 3.8) is 0 Å². The van der Waals surface area contributed by atoms with Gasteiger partial charge in [-0.1, -0.05) is 42.5 Å². The van der Waals surface area contributed by atoms with Gasteiger partial charge < -0.3 is 14.5 Å². The maximum Gasteiger partial charge on any atom is 0.339 e. The molecule has 1 aromatic heterocycles. The molecule has 4 aromatic rings. The maximum absolute atomic E-state index is 14.0. The second-order valence-corrected chi connectivity index (χ2v) is 9.17. The van der Waals surface area contributed by atoms with Gasteiger partial charge >= 0.3 is 18.0 Å². The number of amides is 3. The van der Waals surface area contributed by atoms with Gasteiger partial charge in [-0.25, -0.2) is 19.3 Å². The standard InChI is InChI=1S/C29H23N3O6/c1-37-27(34)17-13-11-16(12-14-17)25-24-20(18-7-3-5-9-21(18)30-24)15-23-26(33)32(29(36)31(23)25)22-10-6-4-8-19(22)28(35)38-2/h3-14,23,25,30H,15H2,1-2H3/t23-,25-/m1/s1. The Morgan fingerprint density at radius 2 is 1.55 bits per heavy atom. The number of nitrogens with one attached hydrogen (secondary N) is 1. The molecule has 3 aromatic carbocycles. The fraction of sp³-hybridized carbons (Fsp3) is 0.172. The fourth-order valence-electron chi connectivity index (χ4n) is 5.51. The molecule has 0 unspecified atom stereocenters. The van der Waals surface area contributed by atoms with E-state index in [9.17, 15) is 19.2 Å². The minimum absolute atomic E-state index is 0.125. The molecule has 1 fully saturated rings. The number of esters is 2. The van der Waals surface area contributed by atoms with Crippen molar-refractivity contribution in [2.24, 2.45) is 0 Å². The average molecular weight is 510 g/mol. The predicted molar refractivity (Wildman–Crippen MR) is 138 cm³/mol. The van der Waals surface area contributed by atoms with Crippen LogP contribution in [-0.2, 0) is 20.7 Å². The van der Waals surface area contributed by atoms with E-state index in [0.717, 1.165) is 32.6 Å². The van der Waals surface area contributed by atoms with E-state index >= 15 is 0 Å². The molecule has 2 aliphatic rings. The van der Waals surface area contributed by atoms with Crippen molar-refractivity contribution in [2.75, 3.05) is 19.1 Å². The van der Waals surface area contributed by atoms with Gasteiger partial charge in [-0.05, 0) is 41.5 Å². The molecule has 3 amide bonds. The molecule has 2 aliphatic heterocycles. The van der Waals surface area contributed by atoms with E-state index in [1.165, 1.54) is 20.3 Å². The van der Waals surface area contributed by atoms with Gasteiger partial charge in [-0.3, -0.25) is 9.69 Å². The predicted octanol–water partition coefficient (Wildman–Crippen LogP) is 4.22. The van der Waals surface area contributed by atoms with E-state index in [4.69, 9.17) is 9.47 Å². The first-order chi connectivity index (χ1) is 18.4. The number of ether oxygens (including phenoxy) is 2. The molecule has 3 heterocycles. The monoisotopic (exact) mass is 509 g/mol. The quantitative estimate of drug-likeness (QED) is 0.326. The van der Waals surface area contributed by atoms with Gasteiger partial charge in [0.05, 0.1) is 31.0 Å². The number of H-pyrrole nitrogens is 1. The van der Waals surface area contributed by atoms with E-state index in [1.54, 1.807) is 47.4 Å². The fourth-order valence-corrected chi connectivity index (χ4v) is 5.51. The highest BCUT2D eigenvalue weighted by atomic mass is 16.5. The first-order valence-corrected chi connectivity index (χ1v) is 12.1. The highest BCUT2D eigenvalue weighted by Gasteiger charge is 2.53. The Balaban J connectivity index is 1.51. The van der Waals surface area contributed by atoms with Crippen LogP contribution in [0.25, 0.3) is 10.9 Å². The van der Waals surface area contributed by atoms with Crippen LogP contribution in [0.1, 0.15) is 43.6 Å². The number of carbonyl (C=O) groups excluding carboxylic acids is 4. The molecule has 2 atom stereocenters. The number of hydrogen-bond acceptors (Lipinski definition) is 6. The number of imide groups is 1. The zero-order chi connectivity index (χ0) is 26.6. The van der Waals surface area contributed by atoms with Crippen molar-refractivity contribution in [3.05, 3.63) is 101 Å². The topological polar surface area (TPSA) is 109 Å².